The highest BCUT2D eigenvalue weighted by Gasteiger charge is 2.32. The molecule has 0 radical (unpaired) electrons. The van der Waals surface area contributed by atoms with Crippen LogP contribution in [0.4, 0.5) is 0 Å². The van der Waals surface area contributed by atoms with Gasteiger partial charge < -0.3 is 30.2 Å². The summed E-state index contributed by atoms with van der Waals surface area (Å²) in [6.07, 6.45) is -3.26. The lowest BCUT2D eigenvalue weighted by atomic mass is 10.0. The lowest BCUT2D eigenvalue weighted by molar-refractivity contribution is -0.136. The van der Waals surface area contributed by atoms with E-state index in [0.717, 1.165) is 0 Å². The molecule has 0 aliphatic heterocycles. The minimum atomic E-state index is -1.09. The smallest absolute Gasteiger partial charge is 0.113 e. The molecule has 4 N–H and O–H groups in total. The number of nitrogens with two attached hydrogens (primary N) is 1. The molecule has 0 saturated carbocycles. The Morgan fingerprint density at radius 1 is 1.13 bits per heavy atom. The molecule has 0 aliphatic carbocycles. The first-order valence-electron chi connectivity index (χ1n) is 4.73. The highest BCUT2D eigenvalue weighted by Crippen LogP contribution is 2.10. The summed E-state index contributed by atoms with van der Waals surface area (Å²) in [7, 11) is 4.34. The zero-order chi connectivity index (χ0) is 11.8. The van der Waals surface area contributed by atoms with Gasteiger partial charge in [-0.25, -0.2) is 0 Å². The van der Waals surface area contributed by atoms with E-state index in [9.17, 15) is 10.2 Å². The fourth-order valence-corrected chi connectivity index (χ4v) is 1.36. The second-order valence-corrected chi connectivity index (χ2v) is 3.22. The normalized spacial score (nSPS) is 19.6. The van der Waals surface area contributed by atoms with Gasteiger partial charge in [-0.05, 0) is 0 Å². The highest BCUT2D eigenvalue weighted by atomic mass is 16.5. The number of aliphatic hydroxyl groups is 2. The standard InChI is InChI=1S/C9H21NO5/c1-13-5-6(11)8(12)9(15-3)7(4-10)14-2/h6-9,11-12H,4-5,10H2,1-3H3/t6-,7+,8-,9-/m1/s1. The fraction of sp³-hybridized carbons (Fsp3) is 1.00. The molecule has 0 rings (SSSR count). The van der Waals surface area contributed by atoms with Crippen molar-refractivity contribution in [3.05, 3.63) is 0 Å². The molecular weight excluding hydrogens is 202 g/mol. The van der Waals surface area contributed by atoms with Crippen molar-refractivity contribution in [1.29, 1.82) is 0 Å². The van der Waals surface area contributed by atoms with Crippen molar-refractivity contribution >= 4 is 0 Å². The van der Waals surface area contributed by atoms with Gasteiger partial charge in [-0.15, -0.1) is 0 Å². The fourth-order valence-electron chi connectivity index (χ4n) is 1.36. The molecule has 0 aromatic rings. The maximum absolute atomic E-state index is 9.75. The van der Waals surface area contributed by atoms with Crippen LogP contribution in [0.5, 0.6) is 0 Å². The molecule has 0 unspecified atom stereocenters. The second-order valence-electron chi connectivity index (χ2n) is 3.22. The van der Waals surface area contributed by atoms with Crippen molar-refractivity contribution in [2.24, 2.45) is 5.73 Å². The van der Waals surface area contributed by atoms with Gasteiger partial charge in [0, 0.05) is 27.9 Å². The summed E-state index contributed by atoms with van der Waals surface area (Å²) in [5.74, 6) is 0. The summed E-state index contributed by atoms with van der Waals surface area (Å²) in [4.78, 5) is 0. The lowest BCUT2D eigenvalue weighted by Gasteiger charge is -2.30. The van der Waals surface area contributed by atoms with Crippen molar-refractivity contribution in [2.75, 3.05) is 34.5 Å². The van der Waals surface area contributed by atoms with Gasteiger partial charge in [0.05, 0.1) is 12.7 Å². The molecule has 0 spiro atoms. The average molecular weight is 223 g/mol. The number of methoxy groups -OCH3 is 3. The van der Waals surface area contributed by atoms with Gasteiger partial charge in [0.15, 0.2) is 0 Å². The van der Waals surface area contributed by atoms with Crippen LogP contribution >= 0.6 is 0 Å². The molecular formula is C9H21NO5. The van der Waals surface area contributed by atoms with E-state index in [1.807, 2.05) is 0 Å². The van der Waals surface area contributed by atoms with Crippen LogP contribution in [-0.2, 0) is 14.2 Å². The van der Waals surface area contributed by atoms with Crippen molar-refractivity contribution < 1.29 is 24.4 Å². The Balaban J connectivity index is 4.36. The van der Waals surface area contributed by atoms with Crippen LogP contribution in [0.25, 0.3) is 0 Å². The van der Waals surface area contributed by atoms with Gasteiger partial charge in [0.25, 0.3) is 0 Å². The molecule has 0 aliphatic rings. The predicted molar refractivity (Wildman–Crippen MR) is 54.5 cm³/mol. The average Bonchev–Trinajstić information content (AvgIpc) is 2.25. The van der Waals surface area contributed by atoms with Crippen molar-refractivity contribution in [3.63, 3.8) is 0 Å². The van der Waals surface area contributed by atoms with Gasteiger partial charge >= 0.3 is 0 Å². The van der Waals surface area contributed by atoms with E-state index in [1.165, 1.54) is 21.3 Å². The van der Waals surface area contributed by atoms with Crippen molar-refractivity contribution in [3.8, 4) is 0 Å². The number of rotatable bonds is 8. The van der Waals surface area contributed by atoms with Crippen LogP contribution in [0.15, 0.2) is 0 Å². The van der Waals surface area contributed by atoms with Crippen LogP contribution < -0.4 is 5.73 Å². The summed E-state index contributed by atoms with van der Waals surface area (Å²) < 4.78 is 14.8. The second kappa shape index (κ2) is 7.98. The molecule has 0 amide bonds. The number of ether oxygens (including phenoxy) is 3. The summed E-state index contributed by atoms with van der Waals surface area (Å²) in [6, 6.07) is 0. The van der Waals surface area contributed by atoms with Gasteiger partial charge in [-0.2, -0.15) is 0 Å². The molecule has 0 bridgehead atoms. The first-order valence-corrected chi connectivity index (χ1v) is 4.73. The highest BCUT2D eigenvalue weighted by molar-refractivity contribution is 4.83. The SMILES string of the molecule is COC[C@@H](O)[C@@H](O)[C@H](OC)[C@H](CN)OC. The lowest BCUT2D eigenvalue weighted by Crippen LogP contribution is -2.50. The molecule has 0 saturated heterocycles. The predicted octanol–water partition coefficient (Wildman–Crippen LogP) is -1.66. The van der Waals surface area contributed by atoms with E-state index in [4.69, 9.17) is 19.9 Å². The zero-order valence-electron chi connectivity index (χ0n) is 9.42. The number of aliphatic hydroxyl groups excluding tert-OH is 2. The van der Waals surface area contributed by atoms with Gasteiger partial charge in [0.1, 0.15) is 18.3 Å². The summed E-state index contributed by atoms with van der Waals surface area (Å²) in [5, 5.41) is 19.3. The van der Waals surface area contributed by atoms with Crippen molar-refractivity contribution in [1.82, 2.24) is 0 Å². The van der Waals surface area contributed by atoms with E-state index in [1.54, 1.807) is 0 Å². The van der Waals surface area contributed by atoms with Crippen LogP contribution in [-0.4, -0.2) is 69.1 Å². The first kappa shape index (κ1) is 14.8. The van der Waals surface area contributed by atoms with Crippen LogP contribution in [0.1, 0.15) is 0 Å². The minimum Gasteiger partial charge on any atom is -0.388 e. The minimum absolute atomic E-state index is 0.0298. The largest absolute Gasteiger partial charge is 0.388 e. The summed E-state index contributed by atoms with van der Waals surface area (Å²) in [6.45, 7) is 0.230. The Morgan fingerprint density at radius 2 is 1.73 bits per heavy atom. The van der Waals surface area contributed by atoms with Gasteiger partial charge in [-0.3, -0.25) is 0 Å². The number of hydrogen-bond donors (Lipinski definition) is 3. The Bertz CT molecular complexity index is 153. The van der Waals surface area contributed by atoms with Crippen LogP contribution in [0, 0.1) is 0 Å². The maximum Gasteiger partial charge on any atom is 0.113 e. The molecule has 92 valence electrons. The first-order chi connectivity index (χ1) is 7.12. The molecule has 0 aromatic carbocycles. The van der Waals surface area contributed by atoms with E-state index in [0.29, 0.717) is 0 Å². The Labute approximate surface area is 89.9 Å². The molecule has 0 aromatic heterocycles. The maximum atomic E-state index is 9.75. The molecule has 0 heterocycles. The third kappa shape index (κ3) is 4.42. The third-order valence-corrected chi connectivity index (χ3v) is 2.24. The molecule has 15 heavy (non-hydrogen) atoms. The zero-order valence-corrected chi connectivity index (χ0v) is 9.42. The Hall–Kier alpha value is -0.240. The van der Waals surface area contributed by atoms with Crippen LogP contribution in [0.2, 0.25) is 0 Å². The molecule has 6 nitrogen and oxygen atoms in total. The summed E-state index contributed by atoms with van der Waals surface area (Å²) in [5.41, 5.74) is 5.44. The quantitative estimate of drug-likeness (QED) is 0.456. The van der Waals surface area contributed by atoms with Gasteiger partial charge in [0.2, 0.25) is 0 Å². The summed E-state index contributed by atoms with van der Waals surface area (Å²) >= 11 is 0. The Morgan fingerprint density at radius 3 is 2.07 bits per heavy atom. The molecule has 6 heteroatoms. The van der Waals surface area contributed by atoms with E-state index >= 15 is 0 Å². The van der Waals surface area contributed by atoms with Gasteiger partial charge in [-0.1, -0.05) is 0 Å². The molecule has 4 atom stereocenters. The van der Waals surface area contributed by atoms with Crippen molar-refractivity contribution in [2.45, 2.75) is 24.4 Å². The van der Waals surface area contributed by atoms with Crippen LogP contribution in [0.3, 0.4) is 0 Å². The third-order valence-electron chi connectivity index (χ3n) is 2.24. The van der Waals surface area contributed by atoms with E-state index in [2.05, 4.69) is 0 Å². The number of hydrogen-bond acceptors (Lipinski definition) is 6. The van der Waals surface area contributed by atoms with E-state index in [-0.39, 0.29) is 13.2 Å². The van der Waals surface area contributed by atoms with E-state index < -0.39 is 24.4 Å². The molecule has 0 fully saturated rings. The monoisotopic (exact) mass is 223 g/mol. The topological polar surface area (TPSA) is 94.2 Å². The Kier molecular flexibility index (Phi) is 7.85.